The predicted octanol–water partition coefficient (Wildman–Crippen LogP) is -0.308. The minimum atomic E-state index is -0.900. The third-order valence-electron chi connectivity index (χ3n) is 4.60. The zero-order valence-electron chi connectivity index (χ0n) is 12.2. The summed E-state index contributed by atoms with van der Waals surface area (Å²) in [6, 6.07) is 0.317. The molecule has 2 saturated heterocycles. The molecular formula is C13H24N4O3. The highest BCUT2D eigenvalue weighted by molar-refractivity contribution is 6.06. The lowest BCUT2D eigenvalue weighted by Gasteiger charge is -2.43. The number of piperazine rings is 1. The molecule has 0 radical (unpaired) electrons. The van der Waals surface area contributed by atoms with Gasteiger partial charge in [0.1, 0.15) is 5.41 Å². The maximum Gasteiger partial charge on any atom is 0.236 e. The van der Waals surface area contributed by atoms with Gasteiger partial charge in [0.25, 0.3) is 0 Å². The number of rotatable bonds is 2. The Kier molecular flexibility index (Phi) is 4.49. The summed E-state index contributed by atoms with van der Waals surface area (Å²) in [5.74, 6) is -0.0200. The van der Waals surface area contributed by atoms with E-state index < -0.39 is 5.41 Å². The van der Waals surface area contributed by atoms with Crippen LogP contribution in [0, 0.1) is 5.41 Å². The highest BCUT2D eigenvalue weighted by Gasteiger charge is 2.47. The molecule has 1 unspecified atom stereocenters. The van der Waals surface area contributed by atoms with Gasteiger partial charge in [-0.1, -0.05) is 5.16 Å². The fourth-order valence-corrected chi connectivity index (χ4v) is 2.93. The van der Waals surface area contributed by atoms with E-state index in [0.29, 0.717) is 45.2 Å². The fourth-order valence-electron chi connectivity index (χ4n) is 2.93. The van der Waals surface area contributed by atoms with Crippen LogP contribution >= 0.6 is 0 Å². The summed E-state index contributed by atoms with van der Waals surface area (Å²) in [4.78, 5) is 17.0. The van der Waals surface area contributed by atoms with Crippen LogP contribution in [-0.2, 0) is 9.53 Å². The van der Waals surface area contributed by atoms with Crippen molar-refractivity contribution in [2.24, 2.45) is 16.3 Å². The zero-order valence-corrected chi connectivity index (χ0v) is 12.2. The summed E-state index contributed by atoms with van der Waals surface area (Å²) in [5.41, 5.74) is 4.94. The second-order valence-electron chi connectivity index (χ2n) is 5.76. The molecule has 3 N–H and O–H groups in total. The molecule has 2 aliphatic heterocycles. The summed E-state index contributed by atoms with van der Waals surface area (Å²) in [7, 11) is 2.06. The van der Waals surface area contributed by atoms with E-state index in [1.165, 1.54) is 0 Å². The summed E-state index contributed by atoms with van der Waals surface area (Å²) in [6.07, 6.45) is 0.949. The van der Waals surface area contributed by atoms with Gasteiger partial charge in [0, 0.05) is 38.9 Å². The SMILES string of the molecule is CC1CN(C(=O)C2(C(N)=NO)CCOCC2)CCN1C. The number of hydrogen-bond acceptors (Lipinski definition) is 5. The van der Waals surface area contributed by atoms with Crippen molar-refractivity contribution in [2.75, 3.05) is 39.9 Å². The number of hydrogen-bond donors (Lipinski definition) is 2. The predicted molar refractivity (Wildman–Crippen MR) is 74.6 cm³/mol. The highest BCUT2D eigenvalue weighted by atomic mass is 16.5. The Morgan fingerprint density at radius 3 is 2.60 bits per heavy atom. The number of amides is 1. The lowest BCUT2D eigenvalue weighted by atomic mass is 9.77. The Morgan fingerprint density at radius 1 is 1.40 bits per heavy atom. The van der Waals surface area contributed by atoms with Crippen LogP contribution in [-0.4, -0.2) is 72.7 Å². The molecule has 0 saturated carbocycles. The second-order valence-corrected chi connectivity index (χ2v) is 5.76. The van der Waals surface area contributed by atoms with Gasteiger partial charge >= 0.3 is 0 Å². The van der Waals surface area contributed by atoms with Gasteiger partial charge < -0.3 is 25.5 Å². The summed E-state index contributed by atoms with van der Waals surface area (Å²) in [5, 5.41) is 12.2. The number of oxime groups is 1. The third kappa shape index (κ3) is 2.60. The van der Waals surface area contributed by atoms with Crippen molar-refractivity contribution in [3.63, 3.8) is 0 Å². The van der Waals surface area contributed by atoms with E-state index in [0.717, 1.165) is 6.54 Å². The van der Waals surface area contributed by atoms with Crippen molar-refractivity contribution >= 4 is 11.7 Å². The van der Waals surface area contributed by atoms with Gasteiger partial charge in [-0.3, -0.25) is 4.79 Å². The highest BCUT2D eigenvalue weighted by Crippen LogP contribution is 2.33. The molecule has 7 nitrogen and oxygen atoms in total. The lowest BCUT2D eigenvalue weighted by molar-refractivity contribution is -0.145. The van der Waals surface area contributed by atoms with E-state index >= 15 is 0 Å². The molecule has 0 bridgehead atoms. The molecular weight excluding hydrogens is 260 g/mol. The average molecular weight is 284 g/mol. The fraction of sp³-hybridized carbons (Fsp3) is 0.846. The molecule has 1 amide bonds. The molecule has 0 aromatic carbocycles. The molecule has 0 aromatic heterocycles. The minimum Gasteiger partial charge on any atom is -0.409 e. The van der Waals surface area contributed by atoms with Crippen LogP contribution in [0.15, 0.2) is 5.16 Å². The molecule has 0 spiro atoms. The molecule has 0 aromatic rings. The third-order valence-corrected chi connectivity index (χ3v) is 4.60. The first-order chi connectivity index (χ1) is 9.51. The molecule has 1 atom stereocenters. The molecule has 20 heavy (non-hydrogen) atoms. The molecule has 2 fully saturated rings. The largest absolute Gasteiger partial charge is 0.409 e. The van der Waals surface area contributed by atoms with Crippen molar-refractivity contribution in [1.29, 1.82) is 0 Å². The van der Waals surface area contributed by atoms with E-state index in [4.69, 9.17) is 15.7 Å². The molecule has 0 aliphatic carbocycles. The Labute approximate surface area is 119 Å². The topological polar surface area (TPSA) is 91.4 Å². The maximum absolute atomic E-state index is 12.9. The van der Waals surface area contributed by atoms with Crippen molar-refractivity contribution in [1.82, 2.24) is 9.80 Å². The maximum atomic E-state index is 12.9. The quantitative estimate of drug-likeness (QED) is 0.314. The van der Waals surface area contributed by atoms with E-state index in [2.05, 4.69) is 24.0 Å². The van der Waals surface area contributed by atoms with Crippen molar-refractivity contribution in [3.8, 4) is 0 Å². The van der Waals surface area contributed by atoms with Gasteiger partial charge in [0.15, 0.2) is 5.84 Å². The molecule has 114 valence electrons. The first-order valence-corrected chi connectivity index (χ1v) is 7.06. The number of amidine groups is 1. The van der Waals surface area contributed by atoms with Crippen LogP contribution in [0.3, 0.4) is 0 Å². The number of carbonyl (C=O) groups is 1. The monoisotopic (exact) mass is 284 g/mol. The Morgan fingerprint density at radius 2 is 2.05 bits per heavy atom. The smallest absolute Gasteiger partial charge is 0.236 e. The van der Waals surface area contributed by atoms with Crippen LogP contribution in [0.2, 0.25) is 0 Å². The van der Waals surface area contributed by atoms with Crippen LogP contribution < -0.4 is 5.73 Å². The first kappa shape index (κ1) is 15.1. The van der Waals surface area contributed by atoms with Crippen LogP contribution in [0.25, 0.3) is 0 Å². The molecule has 2 rings (SSSR count). The summed E-state index contributed by atoms with van der Waals surface area (Å²) >= 11 is 0. The van der Waals surface area contributed by atoms with Gasteiger partial charge in [-0.2, -0.15) is 0 Å². The second kappa shape index (κ2) is 5.97. The Hall–Kier alpha value is -1.34. The molecule has 2 aliphatic rings. The minimum absolute atomic E-state index is 0.0115. The number of nitrogens with two attached hydrogens (primary N) is 1. The number of likely N-dealkylation sites (N-methyl/N-ethyl adjacent to an activating group) is 1. The Bertz CT molecular complexity index is 393. The van der Waals surface area contributed by atoms with E-state index in [1.807, 2.05) is 4.90 Å². The van der Waals surface area contributed by atoms with Crippen LogP contribution in [0.4, 0.5) is 0 Å². The number of carbonyl (C=O) groups excluding carboxylic acids is 1. The van der Waals surface area contributed by atoms with Gasteiger partial charge in [-0.25, -0.2) is 0 Å². The average Bonchev–Trinajstić information content (AvgIpc) is 2.49. The normalized spacial score (nSPS) is 28.4. The van der Waals surface area contributed by atoms with E-state index in [9.17, 15) is 4.79 Å². The van der Waals surface area contributed by atoms with Gasteiger partial charge in [0.2, 0.25) is 5.91 Å². The van der Waals surface area contributed by atoms with Gasteiger partial charge in [0.05, 0.1) is 0 Å². The van der Waals surface area contributed by atoms with Crippen molar-refractivity contribution < 1.29 is 14.7 Å². The van der Waals surface area contributed by atoms with E-state index in [-0.39, 0.29) is 11.7 Å². The van der Waals surface area contributed by atoms with Gasteiger partial charge in [-0.05, 0) is 26.8 Å². The number of ether oxygens (including phenoxy) is 1. The van der Waals surface area contributed by atoms with Crippen molar-refractivity contribution in [2.45, 2.75) is 25.8 Å². The number of nitrogens with zero attached hydrogens (tertiary/aromatic N) is 3. The molecule has 2 heterocycles. The Balaban J connectivity index is 2.19. The molecule has 7 heteroatoms. The van der Waals surface area contributed by atoms with Crippen molar-refractivity contribution in [3.05, 3.63) is 0 Å². The lowest BCUT2D eigenvalue weighted by Crippen LogP contribution is -2.59. The zero-order chi connectivity index (χ0) is 14.8. The standard InChI is InChI=1S/C13H24N4O3/c1-10-9-17(6-5-16(10)2)12(18)13(11(14)15-19)3-7-20-8-4-13/h10,19H,3-9H2,1-2H3,(H2,14,15). The van der Waals surface area contributed by atoms with Crippen LogP contribution in [0.1, 0.15) is 19.8 Å². The summed E-state index contributed by atoms with van der Waals surface area (Å²) in [6.45, 7) is 5.23. The van der Waals surface area contributed by atoms with Gasteiger partial charge in [-0.15, -0.1) is 0 Å². The van der Waals surface area contributed by atoms with Crippen LogP contribution in [0.5, 0.6) is 0 Å². The van der Waals surface area contributed by atoms with E-state index in [1.54, 1.807) is 0 Å². The summed E-state index contributed by atoms with van der Waals surface area (Å²) < 4.78 is 5.32. The first-order valence-electron chi connectivity index (χ1n) is 7.06.